The van der Waals surface area contributed by atoms with Gasteiger partial charge in [0.2, 0.25) is 10.0 Å². The van der Waals surface area contributed by atoms with E-state index in [-0.39, 0.29) is 5.69 Å². The zero-order valence-corrected chi connectivity index (χ0v) is 19.5. The lowest BCUT2D eigenvalue weighted by molar-refractivity contribution is -0.137. The molecule has 6 nitrogen and oxygen atoms in total. The zero-order valence-electron chi connectivity index (χ0n) is 17.9. The topological polar surface area (TPSA) is 79.4 Å². The molecule has 0 unspecified atom stereocenters. The number of nitrogens with zero attached hydrogens (tertiary/aromatic N) is 2. The van der Waals surface area contributed by atoms with E-state index in [2.05, 4.69) is 4.98 Å². The van der Waals surface area contributed by atoms with E-state index < -0.39 is 27.7 Å². The van der Waals surface area contributed by atoms with Crippen molar-refractivity contribution in [1.29, 1.82) is 0 Å². The Bertz CT molecular complexity index is 1230. The number of carbonyl (C=O) groups is 1. The molecule has 0 fully saturated rings. The van der Waals surface area contributed by atoms with Gasteiger partial charge in [-0.3, -0.25) is 4.79 Å². The van der Waals surface area contributed by atoms with E-state index in [1.165, 1.54) is 17.4 Å². The van der Waals surface area contributed by atoms with E-state index in [0.717, 1.165) is 24.0 Å². The molecule has 1 amide bonds. The van der Waals surface area contributed by atoms with E-state index in [1.807, 2.05) is 40.0 Å². The highest BCUT2D eigenvalue weighted by Gasteiger charge is 2.30. The van der Waals surface area contributed by atoms with Gasteiger partial charge in [0, 0.05) is 18.0 Å². The Labute approximate surface area is 194 Å². The number of hydrogen-bond donors (Lipinski definition) is 1. The minimum Gasteiger partial charge on any atom is -0.343 e. The van der Waals surface area contributed by atoms with E-state index in [0.29, 0.717) is 35.1 Å². The normalized spacial score (nSPS) is 11.9. The molecule has 0 spiro atoms. The summed E-state index contributed by atoms with van der Waals surface area (Å²) in [5.41, 5.74) is 0.764. The second-order valence-electron chi connectivity index (χ2n) is 7.46. The summed E-state index contributed by atoms with van der Waals surface area (Å²) in [6.45, 7) is 2.42. The molecule has 0 bridgehead atoms. The smallest absolute Gasteiger partial charge is 0.343 e. The predicted molar refractivity (Wildman–Crippen MR) is 122 cm³/mol. The van der Waals surface area contributed by atoms with Crippen LogP contribution >= 0.6 is 11.3 Å². The number of aryl methyl sites for hydroxylation is 1. The van der Waals surface area contributed by atoms with Crippen LogP contribution in [0.15, 0.2) is 54.6 Å². The first kappa shape index (κ1) is 24.7. The van der Waals surface area contributed by atoms with E-state index in [1.54, 1.807) is 13.0 Å². The molecule has 0 aliphatic heterocycles. The second-order valence-corrected chi connectivity index (χ2v) is 10.4. The monoisotopic (exact) mass is 497 g/mol. The number of hydrogen-bond acceptors (Lipinski definition) is 6. The molecule has 0 aliphatic carbocycles. The summed E-state index contributed by atoms with van der Waals surface area (Å²) in [5.74, 6) is -0.824. The van der Waals surface area contributed by atoms with Crippen molar-refractivity contribution < 1.29 is 26.4 Å². The minimum atomic E-state index is -4.42. The molecule has 11 heteroatoms. The van der Waals surface area contributed by atoms with E-state index in [9.17, 15) is 26.4 Å². The molecule has 1 N–H and O–H groups in total. The molecule has 1 aromatic heterocycles. The third kappa shape index (κ3) is 7.03. The Morgan fingerprint density at radius 1 is 1.09 bits per heavy atom. The van der Waals surface area contributed by atoms with Crippen LogP contribution in [0.5, 0.6) is 0 Å². The number of sulfonamides is 1. The molecule has 0 saturated carbocycles. The average molecular weight is 498 g/mol. The van der Waals surface area contributed by atoms with Gasteiger partial charge in [0.15, 0.2) is 5.13 Å². The van der Waals surface area contributed by atoms with Crippen LogP contribution in [0.4, 0.5) is 18.3 Å². The molecular formula is C22H22F3N3O3S2. The molecule has 2 aromatic carbocycles. The molecule has 0 saturated heterocycles. The number of amides is 1. The summed E-state index contributed by atoms with van der Waals surface area (Å²) in [6.07, 6.45) is -3.22. The van der Waals surface area contributed by atoms with Gasteiger partial charge >= 0.3 is 6.18 Å². The highest BCUT2D eigenvalue weighted by molar-refractivity contribution is 7.89. The molecule has 33 heavy (non-hydrogen) atoms. The quantitative estimate of drug-likeness (QED) is 0.499. The molecule has 176 valence electrons. The van der Waals surface area contributed by atoms with Gasteiger partial charge in [-0.2, -0.15) is 13.2 Å². The maximum absolute atomic E-state index is 13.1. The molecule has 0 radical (unpaired) electrons. The maximum Gasteiger partial charge on any atom is 0.416 e. The molecule has 0 atom stereocenters. The van der Waals surface area contributed by atoms with Crippen LogP contribution in [0.3, 0.4) is 0 Å². The molecule has 3 aromatic rings. The van der Waals surface area contributed by atoms with Crippen LogP contribution in [0.25, 0.3) is 0 Å². The number of thiazole rings is 1. The first-order valence-corrected chi connectivity index (χ1v) is 12.6. The Morgan fingerprint density at radius 2 is 1.76 bits per heavy atom. The zero-order chi connectivity index (χ0) is 24.2. The van der Waals surface area contributed by atoms with Crippen molar-refractivity contribution in [2.45, 2.75) is 26.1 Å². The van der Waals surface area contributed by atoms with Gasteiger partial charge in [0.25, 0.3) is 5.91 Å². The van der Waals surface area contributed by atoms with Gasteiger partial charge in [0.1, 0.15) is 5.69 Å². The highest BCUT2D eigenvalue weighted by atomic mass is 32.2. The average Bonchev–Trinajstić information content (AvgIpc) is 3.12. The Kier molecular flexibility index (Phi) is 7.43. The van der Waals surface area contributed by atoms with Gasteiger partial charge in [-0.05, 0) is 30.5 Å². The third-order valence-electron chi connectivity index (χ3n) is 4.69. The lowest BCUT2D eigenvalue weighted by Gasteiger charge is -2.22. The van der Waals surface area contributed by atoms with Crippen molar-refractivity contribution in [3.05, 3.63) is 81.9 Å². The summed E-state index contributed by atoms with van der Waals surface area (Å²) in [6, 6.07) is 14.6. The summed E-state index contributed by atoms with van der Waals surface area (Å²) in [7, 11) is -3.75. The standard InChI is InChI=1S/C22H22F3N3O3S2/c1-15-19(20(29)27-33(2,30)31)26-21(32-15)28(14-17-7-4-3-5-8-17)12-11-16-9-6-10-18(13-16)22(23,24)25/h3-10,13H,11-12,14H2,1-2H3,(H,27,29). The highest BCUT2D eigenvalue weighted by Crippen LogP contribution is 2.30. The van der Waals surface area contributed by atoms with Gasteiger partial charge in [-0.25, -0.2) is 18.1 Å². The fourth-order valence-corrected chi connectivity index (χ4v) is 4.52. The predicted octanol–water partition coefficient (Wildman–Crippen LogP) is 4.41. The van der Waals surface area contributed by atoms with Crippen molar-refractivity contribution >= 4 is 32.4 Å². The maximum atomic E-state index is 13.1. The first-order valence-electron chi connectivity index (χ1n) is 9.87. The molecular weight excluding hydrogens is 475 g/mol. The summed E-state index contributed by atoms with van der Waals surface area (Å²) >= 11 is 1.22. The minimum absolute atomic E-state index is 0.00226. The van der Waals surface area contributed by atoms with Crippen molar-refractivity contribution in [3.63, 3.8) is 0 Å². The number of halogens is 3. The van der Waals surface area contributed by atoms with Crippen LogP contribution in [0.1, 0.15) is 32.1 Å². The van der Waals surface area contributed by atoms with E-state index in [4.69, 9.17) is 0 Å². The fourth-order valence-electron chi connectivity index (χ4n) is 3.16. The Balaban J connectivity index is 1.86. The number of alkyl halides is 3. The number of nitrogens with one attached hydrogen (secondary N) is 1. The van der Waals surface area contributed by atoms with Gasteiger partial charge < -0.3 is 4.90 Å². The van der Waals surface area contributed by atoms with Crippen LogP contribution < -0.4 is 9.62 Å². The van der Waals surface area contributed by atoms with Crippen molar-refractivity contribution in [2.75, 3.05) is 17.7 Å². The van der Waals surface area contributed by atoms with Crippen LogP contribution in [0.2, 0.25) is 0 Å². The van der Waals surface area contributed by atoms with Crippen LogP contribution in [-0.4, -0.2) is 32.1 Å². The number of rotatable bonds is 8. The Hall–Kier alpha value is -2.92. The Morgan fingerprint density at radius 3 is 2.39 bits per heavy atom. The summed E-state index contributed by atoms with van der Waals surface area (Å²) in [5, 5.41) is 0.474. The van der Waals surface area contributed by atoms with Gasteiger partial charge in [0.05, 0.1) is 11.8 Å². The molecule has 0 aliphatic rings. The number of anilines is 1. The summed E-state index contributed by atoms with van der Waals surface area (Å²) < 4.78 is 63.9. The number of benzene rings is 2. The lowest BCUT2D eigenvalue weighted by Crippen LogP contribution is -2.30. The van der Waals surface area contributed by atoms with Gasteiger partial charge in [-0.1, -0.05) is 48.5 Å². The molecule has 3 rings (SSSR count). The SMILES string of the molecule is Cc1sc(N(CCc2cccc(C(F)(F)F)c2)Cc2ccccc2)nc1C(=O)NS(C)(=O)=O. The van der Waals surface area contributed by atoms with Crippen molar-refractivity contribution in [1.82, 2.24) is 9.71 Å². The lowest BCUT2D eigenvalue weighted by atomic mass is 10.1. The van der Waals surface area contributed by atoms with Crippen LogP contribution in [-0.2, 0) is 29.2 Å². The second kappa shape index (κ2) is 9.92. The number of carbonyl (C=O) groups excluding carboxylic acids is 1. The van der Waals surface area contributed by atoms with E-state index >= 15 is 0 Å². The summed E-state index contributed by atoms with van der Waals surface area (Å²) in [4.78, 5) is 19.1. The third-order valence-corrected chi connectivity index (χ3v) is 6.28. The molecule has 1 heterocycles. The fraction of sp³-hybridized carbons (Fsp3) is 0.273. The number of aromatic nitrogens is 1. The van der Waals surface area contributed by atoms with Crippen molar-refractivity contribution in [2.24, 2.45) is 0 Å². The van der Waals surface area contributed by atoms with Crippen LogP contribution in [0, 0.1) is 6.92 Å². The largest absolute Gasteiger partial charge is 0.416 e. The first-order chi connectivity index (χ1) is 15.4. The van der Waals surface area contributed by atoms with Crippen molar-refractivity contribution in [3.8, 4) is 0 Å². The van der Waals surface area contributed by atoms with Gasteiger partial charge in [-0.15, -0.1) is 11.3 Å².